The molecule has 2 aromatic rings. The van der Waals surface area contributed by atoms with Crippen LogP contribution in [0.2, 0.25) is 5.21 Å². The summed E-state index contributed by atoms with van der Waals surface area (Å²) in [4.78, 5) is 44.5. The molecule has 8 nitrogen and oxygen atoms in total. The van der Waals surface area contributed by atoms with Crippen LogP contribution in [0, 0.1) is 0 Å². The summed E-state index contributed by atoms with van der Waals surface area (Å²) in [6.45, 7) is 5.02. The molecule has 2 aromatic carbocycles. The number of hydrogen-bond acceptors (Lipinski definition) is 6. The summed E-state index contributed by atoms with van der Waals surface area (Å²) in [6, 6.07) is 13.9. The highest BCUT2D eigenvalue weighted by Gasteiger charge is 2.59. The fourth-order valence-electron chi connectivity index (χ4n) is 5.60. The third-order valence-corrected chi connectivity index (χ3v) is 8.40. The first-order valence-electron chi connectivity index (χ1n) is 12.9. The van der Waals surface area contributed by atoms with Crippen LogP contribution in [0.5, 0.6) is 5.75 Å². The maximum atomic E-state index is 13.6. The van der Waals surface area contributed by atoms with Gasteiger partial charge in [0.15, 0.2) is 0 Å². The molecular formula is C25H31B4N3O5. The summed E-state index contributed by atoms with van der Waals surface area (Å²) >= 11 is 0. The number of carbonyl (C=O) groups is 3. The van der Waals surface area contributed by atoms with Crippen molar-refractivity contribution in [2.24, 2.45) is 0 Å². The molecule has 37 heavy (non-hydrogen) atoms. The molecule has 3 aliphatic heterocycles. The molecule has 5 rings (SSSR count). The summed E-state index contributed by atoms with van der Waals surface area (Å²) in [6.07, 6.45) is 0.191. The molecule has 0 radical (unpaired) electrons. The minimum atomic E-state index is -1.15. The lowest BCUT2D eigenvalue weighted by Gasteiger charge is -2.54. The highest BCUT2D eigenvalue weighted by Crippen LogP contribution is 2.47. The van der Waals surface area contributed by atoms with E-state index >= 15 is 0 Å². The Labute approximate surface area is 221 Å². The van der Waals surface area contributed by atoms with E-state index < -0.39 is 10.7 Å². The Morgan fingerprint density at radius 3 is 2.32 bits per heavy atom. The van der Waals surface area contributed by atoms with Crippen LogP contribution in [0.1, 0.15) is 33.5 Å². The smallest absolute Gasteiger partial charge is 0.254 e. The fraction of sp³-hybridized carbons (Fsp3) is 0.400. The second kappa shape index (κ2) is 9.72. The van der Waals surface area contributed by atoms with Crippen molar-refractivity contribution in [3.8, 4) is 5.75 Å². The van der Waals surface area contributed by atoms with Gasteiger partial charge in [0.05, 0.1) is 25.2 Å². The summed E-state index contributed by atoms with van der Waals surface area (Å²) in [5, 5.41) is -0.713. The van der Waals surface area contributed by atoms with Crippen LogP contribution in [0.3, 0.4) is 0 Å². The molecule has 0 bridgehead atoms. The van der Waals surface area contributed by atoms with Gasteiger partial charge in [-0.05, 0) is 23.3 Å². The molecule has 0 aromatic heterocycles. The van der Waals surface area contributed by atoms with E-state index in [2.05, 4.69) is 29.2 Å². The average molecular weight is 497 g/mol. The minimum absolute atomic E-state index is 0.191. The van der Waals surface area contributed by atoms with Gasteiger partial charge < -0.3 is 19.2 Å². The van der Waals surface area contributed by atoms with Gasteiger partial charge in [0.1, 0.15) is 35.9 Å². The molecule has 188 valence electrons. The van der Waals surface area contributed by atoms with Crippen molar-refractivity contribution in [2.45, 2.75) is 36.8 Å². The van der Waals surface area contributed by atoms with E-state index in [-0.39, 0.29) is 30.7 Å². The van der Waals surface area contributed by atoms with Crippen LogP contribution in [0.25, 0.3) is 0 Å². The molecule has 0 spiro atoms. The maximum Gasteiger partial charge on any atom is 0.254 e. The van der Waals surface area contributed by atoms with Gasteiger partial charge in [0.25, 0.3) is 5.91 Å². The van der Waals surface area contributed by atoms with Crippen molar-refractivity contribution in [3.63, 3.8) is 0 Å². The van der Waals surface area contributed by atoms with E-state index in [9.17, 15) is 14.4 Å². The normalized spacial score (nSPS) is 23.8. The van der Waals surface area contributed by atoms with E-state index in [1.54, 1.807) is 18.8 Å². The molecule has 0 saturated carbocycles. The van der Waals surface area contributed by atoms with Gasteiger partial charge in [-0.2, -0.15) is 0 Å². The van der Waals surface area contributed by atoms with Crippen molar-refractivity contribution in [1.82, 2.24) is 14.6 Å². The van der Waals surface area contributed by atoms with Crippen LogP contribution in [-0.4, -0.2) is 95.6 Å². The van der Waals surface area contributed by atoms with E-state index in [4.69, 9.17) is 9.47 Å². The van der Waals surface area contributed by atoms with E-state index in [1.165, 1.54) is 13.5 Å². The number of rotatable bonds is 6. The number of fused-ring (bicyclic) bond motifs is 1. The van der Waals surface area contributed by atoms with Crippen LogP contribution in [-0.2, 0) is 34.0 Å². The van der Waals surface area contributed by atoms with Crippen LogP contribution in [0.4, 0.5) is 0 Å². The Balaban J connectivity index is 1.31. The van der Waals surface area contributed by atoms with E-state index in [0.717, 1.165) is 48.8 Å². The predicted molar refractivity (Wildman–Crippen MR) is 149 cm³/mol. The number of imide groups is 1. The first kappa shape index (κ1) is 25.7. The Hall–Kier alpha value is -2.97. The lowest BCUT2D eigenvalue weighted by atomic mass is 9.36. The van der Waals surface area contributed by atoms with Crippen molar-refractivity contribution >= 4 is 49.2 Å². The predicted octanol–water partition coefficient (Wildman–Crippen LogP) is -1.93. The number of carbonyl (C=O) groups excluding carboxylic acids is 3. The largest absolute Gasteiger partial charge is 0.489 e. The lowest BCUT2D eigenvalue weighted by molar-refractivity contribution is -0.148. The number of morpholine rings is 1. The molecule has 0 N–H and O–H groups in total. The average Bonchev–Trinajstić information content (AvgIpc) is 3.23. The van der Waals surface area contributed by atoms with Gasteiger partial charge in [0, 0.05) is 37.2 Å². The zero-order valence-corrected chi connectivity index (χ0v) is 22.1. The monoisotopic (exact) mass is 497 g/mol. The Morgan fingerprint density at radius 2 is 1.62 bits per heavy atom. The molecule has 2 saturated heterocycles. The van der Waals surface area contributed by atoms with Gasteiger partial charge in [-0.3, -0.25) is 19.3 Å². The number of hydrogen-bond donors (Lipinski definition) is 0. The summed E-state index contributed by atoms with van der Waals surface area (Å²) in [7, 11) is 7.03. The molecule has 3 heterocycles. The number of benzene rings is 2. The SMILES string of the molecule is BN1C(=O)CC(B)(B)C(B)(N2Cc3c(OCc4ccc(CN5CCOCC5)cc4)cccc3C2=O)C1=O. The number of piperidine rings is 1. The molecule has 12 heteroatoms. The molecule has 3 amide bonds. The highest BCUT2D eigenvalue weighted by atomic mass is 16.5. The molecule has 1 atom stereocenters. The van der Waals surface area contributed by atoms with Gasteiger partial charge in [-0.15, -0.1) is 0 Å². The van der Waals surface area contributed by atoms with Crippen molar-refractivity contribution in [3.05, 3.63) is 64.7 Å². The lowest BCUT2D eigenvalue weighted by Crippen LogP contribution is -2.71. The van der Waals surface area contributed by atoms with Crippen LogP contribution in [0.15, 0.2) is 42.5 Å². The topological polar surface area (TPSA) is 79.4 Å². The molecule has 3 aliphatic rings. The van der Waals surface area contributed by atoms with Gasteiger partial charge >= 0.3 is 0 Å². The molecular weight excluding hydrogens is 466 g/mol. The number of amides is 3. The highest BCUT2D eigenvalue weighted by molar-refractivity contribution is 6.54. The molecule has 1 unspecified atom stereocenters. The second-order valence-corrected chi connectivity index (χ2v) is 11.1. The van der Waals surface area contributed by atoms with Crippen LogP contribution >= 0.6 is 0 Å². The zero-order valence-electron chi connectivity index (χ0n) is 22.1. The Morgan fingerprint density at radius 1 is 0.946 bits per heavy atom. The van der Waals surface area contributed by atoms with E-state index in [1.807, 2.05) is 27.8 Å². The molecule has 0 aliphatic carbocycles. The summed E-state index contributed by atoms with van der Waals surface area (Å²) in [5.41, 5.74) is 2.46. The molecule has 2 fully saturated rings. The van der Waals surface area contributed by atoms with Gasteiger partial charge in [0.2, 0.25) is 19.8 Å². The van der Waals surface area contributed by atoms with E-state index in [0.29, 0.717) is 17.9 Å². The van der Waals surface area contributed by atoms with Crippen molar-refractivity contribution < 1.29 is 23.9 Å². The third kappa shape index (κ3) is 4.50. The fourth-order valence-corrected chi connectivity index (χ4v) is 5.60. The first-order valence-corrected chi connectivity index (χ1v) is 12.9. The maximum absolute atomic E-state index is 13.6. The zero-order chi connectivity index (χ0) is 26.4. The van der Waals surface area contributed by atoms with Gasteiger partial charge in [-0.1, -0.05) is 35.5 Å². The first-order chi connectivity index (χ1) is 17.6. The summed E-state index contributed by atoms with van der Waals surface area (Å²) < 4.78 is 11.6. The number of nitrogens with zero attached hydrogens (tertiary/aromatic N) is 3. The minimum Gasteiger partial charge on any atom is -0.489 e. The van der Waals surface area contributed by atoms with Crippen LogP contribution < -0.4 is 4.74 Å². The second-order valence-electron chi connectivity index (χ2n) is 11.1. The van der Waals surface area contributed by atoms with Crippen molar-refractivity contribution in [1.29, 1.82) is 0 Å². The Kier molecular flexibility index (Phi) is 6.75. The van der Waals surface area contributed by atoms with Crippen molar-refractivity contribution in [2.75, 3.05) is 26.3 Å². The standard InChI is InChI=1S/C25H31B4N3O5/c26-24(27)12-21(33)32(29)23(35)25(24,28)31-14-19-18(22(31)34)2-1-3-20(19)37-15-17-6-4-16(5-7-17)13-30-8-10-36-11-9-30/h1-7H,8-15,26-29H2. The number of ether oxygens (including phenoxy) is 2. The summed E-state index contributed by atoms with van der Waals surface area (Å²) in [5.74, 6) is -0.148. The quantitative estimate of drug-likeness (QED) is 0.343. The van der Waals surface area contributed by atoms with Gasteiger partial charge in [-0.25, -0.2) is 0 Å². The third-order valence-electron chi connectivity index (χ3n) is 8.40. The Bertz CT molecular complexity index is 1240.